The van der Waals surface area contributed by atoms with Gasteiger partial charge in [-0.3, -0.25) is 9.10 Å². The predicted octanol–water partition coefficient (Wildman–Crippen LogP) is 2.55. The molecule has 0 saturated heterocycles. The molecule has 0 radical (unpaired) electrons. The zero-order valence-electron chi connectivity index (χ0n) is 13.8. The molecule has 6 heteroatoms. The van der Waals surface area contributed by atoms with Crippen molar-refractivity contribution in [2.45, 2.75) is 25.9 Å². The molecule has 1 atom stereocenters. The third-order valence-corrected chi connectivity index (χ3v) is 4.83. The molecule has 0 bridgehead atoms. The summed E-state index contributed by atoms with van der Waals surface area (Å²) in [5, 5.41) is 2.83. The number of benzene rings is 2. The first kappa shape index (κ1) is 18.0. The highest BCUT2D eigenvalue weighted by molar-refractivity contribution is 7.92. The zero-order chi connectivity index (χ0) is 17.6. The molecule has 0 aliphatic carbocycles. The molecule has 2 aromatic rings. The maximum Gasteiger partial charge on any atom is 0.244 e. The fraction of sp³-hybridized carbons (Fsp3) is 0.278. The number of carbonyl (C=O) groups is 1. The summed E-state index contributed by atoms with van der Waals surface area (Å²) >= 11 is 0. The normalized spacial score (nSPS) is 12.4. The molecule has 0 heterocycles. The average molecular weight is 346 g/mol. The van der Waals surface area contributed by atoms with E-state index in [1.54, 1.807) is 37.3 Å². The van der Waals surface area contributed by atoms with Crippen LogP contribution in [0.4, 0.5) is 5.69 Å². The van der Waals surface area contributed by atoms with Gasteiger partial charge in [-0.1, -0.05) is 55.5 Å². The van der Waals surface area contributed by atoms with Crippen LogP contribution < -0.4 is 9.62 Å². The summed E-state index contributed by atoms with van der Waals surface area (Å²) in [4.78, 5) is 12.6. The van der Waals surface area contributed by atoms with Gasteiger partial charge in [0, 0.05) is 6.54 Å². The van der Waals surface area contributed by atoms with E-state index in [1.807, 2.05) is 30.3 Å². The van der Waals surface area contributed by atoms with Crippen LogP contribution in [0.25, 0.3) is 0 Å². The summed E-state index contributed by atoms with van der Waals surface area (Å²) in [5.41, 5.74) is 1.45. The van der Waals surface area contributed by atoms with Crippen molar-refractivity contribution < 1.29 is 13.2 Å². The fourth-order valence-electron chi connectivity index (χ4n) is 2.54. The van der Waals surface area contributed by atoms with Crippen LogP contribution in [-0.2, 0) is 21.4 Å². The number of hydrogen-bond acceptors (Lipinski definition) is 3. The van der Waals surface area contributed by atoms with Crippen LogP contribution >= 0.6 is 0 Å². The second-order valence-electron chi connectivity index (χ2n) is 5.52. The summed E-state index contributed by atoms with van der Waals surface area (Å²) in [5.74, 6) is -0.310. The maximum absolute atomic E-state index is 12.6. The number of anilines is 1. The minimum absolute atomic E-state index is 0.310. The van der Waals surface area contributed by atoms with Crippen molar-refractivity contribution >= 4 is 21.6 Å². The molecule has 1 amide bonds. The Morgan fingerprint density at radius 2 is 1.58 bits per heavy atom. The number of hydrogen-bond donors (Lipinski definition) is 1. The fourth-order valence-corrected chi connectivity index (χ4v) is 3.75. The number of nitrogens with one attached hydrogen (secondary N) is 1. The van der Waals surface area contributed by atoms with Crippen LogP contribution in [0.3, 0.4) is 0 Å². The van der Waals surface area contributed by atoms with Crippen molar-refractivity contribution in [2.24, 2.45) is 0 Å². The molecule has 0 saturated carbocycles. The first-order chi connectivity index (χ1) is 11.4. The Labute approximate surface area is 143 Å². The summed E-state index contributed by atoms with van der Waals surface area (Å²) in [6.45, 7) is 2.16. The van der Waals surface area contributed by atoms with Gasteiger partial charge in [0.05, 0.1) is 11.9 Å². The van der Waals surface area contributed by atoms with E-state index in [0.29, 0.717) is 18.7 Å². The number of rotatable bonds is 7. The van der Waals surface area contributed by atoms with E-state index in [0.717, 1.165) is 11.8 Å². The number of para-hydroxylation sites is 1. The van der Waals surface area contributed by atoms with Gasteiger partial charge in [0.1, 0.15) is 6.04 Å². The lowest BCUT2D eigenvalue weighted by molar-refractivity contribution is -0.122. The Kier molecular flexibility index (Phi) is 5.98. The summed E-state index contributed by atoms with van der Waals surface area (Å²) in [6.07, 6.45) is 1.50. The third-order valence-electron chi connectivity index (χ3n) is 3.65. The number of nitrogens with zero attached hydrogens (tertiary/aromatic N) is 1. The van der Waals surface area contributed by atoms with Gasteiger partial charge < -0.3 is 5.32 Å². The van der Waals surface area contributed by atoms with E-state index in [4.69, 9.17) is 0 Å². The number of carbonyl (C=O) groups excluding carboxylic acids is 1. The Balaban J connectivity index is 2.21. The molecule has 1 N–H and O–H groups in total. The lowest BCUT2D eigenvalue weighted by Gasteiger charge is -2.30. The highest BCUT2D eigenvalue weighted by Crippen LogP contribution is 2.22. The minimum Gasteiger partial charge on any atom is -0.350 e. The van der Waals surface area contributed by atoms with Gasteiger partial charge in [-0.2, -0.15) is 0 Å². The molecule has 128 valence electrons. The molecule has 0 fully saturated rings. The van der Waals surface area contributed by atoms with Gasteiger partial charge in [-0.05, 0) is 24.1 Å². The molecule has 2 aromatic carbocycles. The zero-order valence-corrected chi connectivity index (χ0v) is 14.7. The lowest BCUT2D eigenvalue weighted by Crippen LogP contribution is -2.49. The van der Waals surface area contributed by atoms with Crippen LogP contribution in [0.2, 0.25) is 0 Å². The van der Waals surface area contributed by atoms with E-state index in [2.05, 4.69) is 5.32 Å². The molecular weight excluding hydrogens is 324 g/mol. The molecular formula is C18H22N2O3S. The Morgan fingerprint density at radius 3 is 2.08 bits per heavy atom. The second-order valence-corrected chi connectivity index (χ2v) is 7.38. The van der Waals surface area contributed by atoms with Gasteiger partial charge in [0.25, 0.3) is 0 Å². The largest absolute Gasteiger partial charge is 0.350 e. The van der Waals surface area contributed by atoms with Crippen molar-refractivity contribution in [3.05, 3.63) is 66.2 Å². The molecule has 0 aliphatic heterocycles. The minimum atomic E-state index is -3.58. The summed E-state index contributed by atoms with van der Waals surface area (Å²) < 4.78 is 25.7. The topological polar surface area (TPSA) is 66.5 Å². The predicted molar refractivity (Wildman–Crippen MR) is 96.1 cm³/mol. The monoisotopic (exact) mass is 346 g/mol. The molecule has 2 rings (SSSR count). The van der Waals surface area contributed by atoms with Crippen molar-refractivity contribution in [3.8, 4) is 0 Å². The van der Waals surface area contributed by atoms with E-state index >= 15 is 0 Å². The molecule has 24 heavy (non-hydrogen) atoms. The number of sulfonamides is 1. The van der Waals surface area contributed by atoms with Gasteiger partial charge >= 0.3 is 0 Å². The molecule has 0 unspecified atom stereocenters. The van der Waals surface area contributed by atoms with Crippen LogP contribution in [0.15, 0.2) is 60.7 Å². The Bertz CT molecular complexity index is 761. The smallest absolute Gasteiger partial charge is 0.244 e. The summed E-state index contributed by atoms with van der Waals surface area (Å²) in [6, 6.07) is 17.4. The maximum atomic E-state index is 12.6. The number of amides is 1. The first-order valence-corrected chi connectivity index (χ1v) is 9.64. The molecule has 5 nitrogen and oxygen atoms in total. The van der Waals surface area contributed by atoms with Crippen molar-refractivity contribution in [1.29, 1.82) is 0 Å². The van der Waals surface area contributed by atoms with Crippen molar-refractivity contribution in [3.63, 3.8) is 0 Å². The van der Waals surface area contributed by atoms with E-state index in [9.17, 15) is 13.2 Å². The lowest BCUT2D eigenvalue weighted by atomic mass is 10.1. The van der Waals surface area contributed by atoms with Gasteiger partial charge in [-0.25, -0.2) is 8.42 Å². The highest BCUT2D eigenvalue weighted by atomic mass is 32.2. The average Bonchev–Trinajstić information content (AvgIpc) is 2.58. The van der Waals surface area contributed by atoms with Gasteiger partial charge in [-0.15, -0.1) is 0 Å². The molecule has 0 aliphatic rings. The van der Waals surface area contributed by atoms with E-state index < -0.39 is 16.1 Å². The SMILES string of the molecule is CC[C@H](C(=O)NCc1ccccc1)N(c1ccccc1)S(C)(=O)=O. The van der Waals surface area contributed by atoms with E-state index in [-0.39, 0.29) is 5.91 Å². The van der Waals surface area contributed by atoms with Gasteiger partial charge in [0.15, 0.2) is 0 Å². The second kappa shape index (κ2) is 7.97. The molecule has 0 spiro atoms. The summed E-state index contributed by atoms with van der Waals surface area (Å²) in [7, 11) is -3.58. The quantitative estimate of drug-likeness (QED) is 0.838. The van der Waals surface area contributed by atoms with Crippen LogP contribution in [0, 0.1) is 0 Å². The van der Waals surface area contributed by atoms with Crippen LogP contribution in [0.1, 0.15) is 18.9 Å². The van der Waals surface area contributed by atoms with E-state index in [1.165, 1.54) is 4.31 Å². The standard InChI is InChI=1S/C18H22N2O3S/c1-3-17(18(21)19-14-15-10-6-4-7-11-15)20(24(2,22)23)16-12-8-5-9-13-16/h4-13,17H,3,14H2,1-2H3,(H,19,21)/t17-/m1/s1. The Hall–Kier alpha value is -2.34. The molecule has 0 aromatic heterocycles. The first-order valence-electron chi connectivity index (χ1n) is 7.79. The third kappa shape index (κ3) is 4.58. The van der Waals surface area contributed by atoms with Gasteiger partial charge in [0.2, 0.25) is 15.9 Å². The highest BCUT2D eigenvalue weighted by Gasteiger charge is 2.31. The van der Waals surface area contributed by atoms with Crippen LogP contribution in [-0.4, -0.2) is 26.6 Å². The van der Waals surface area contributed by atoms with Crippen molar-refractivity contribution in [1.82, 2.24) is 5.32 Å². The van der Waals surface area contributed by atoms with Crippen LogP contribution in [0.5, 0.6) is 0 Å². The van der Waals surface area contributed by atoms with Crippen molar-refractivity contribution in [2.75, 3.05) is 10.6 Å². The Morgan fingerprint density at radius 1 is 1.04 bits per heavy atom.